The van der Waals surface area contributed by atoms with Gasteiger partial charge in [0.2, 0.25) is 15.2 Å². The number of hydrogen-bond acceptors (Lipinski definition) is 1. The fourth-order valence-corrected chi connectivity index (χ4v) is 4.21. The maximum Gasteiger partial charge on any atom is 0.218 e. The summed E-state index contributed by atoms with van der Waals surface area (Å²) in [5, 5.41) is 0.869. The van der Waals surface area contributed by atoms with E-state index in [0.717, 1.165) is 9.13 Å². The lowest BCUT2D eigenvalue weighted by molar-refractivity contribution is 1.09. The van der Waals surface area contributed by atoms with Crippen molar-refractivity contribution in [1.82, 2.24) is 0 Å². The van der Waals surface area contributed by atoms with Crippen LogP contribution in [0.3, 0.4) is 0 Å². The molecule has 0 amide bonds. The molecule has 3 heteroatoms. The van der Waals surface area contributed by atoms with Gasteiger partial charge in [-0.25, -0.2) is 0 Å². The van der Waals surface area contributed by atoms with Gasteiger partial charge in [0, 0.05) is 9.92 Å². The lowest BCUT2D eigenvalue weighted by Crippen LogP contribution is -2.06. The van der Waals surface area contributed by atoms with E-state index in [1.165, 1.54) is 16.9 Å². The largest absolute Gasteiger partial charge is 0.218 e. The summed E-state index contributed by atoms with van der Waals surface area (Å²) in [5.41, 5.74) is 1.49. The smallest absolute Gasteiger partial charge is 0.138 e. The lowest BCUT2D eigenvalue weighted by Gasteiger charge is -1.99. The van der Waals surface area contributed by atoms with Gasteiger partial charge in [-0.15, -0.1) is 17.5 Å². The Morgan fingerprint density at radius 3 is 3.17 bits per heavy atom. The van der Waals surface area contributed by atoms with Crippen molar-refractivity contribution >= 4 is 38.6 Å². The number of benzene rings is 1. The molecule has 1 atom stereocenters. The highest BCUT2D eigenvalue weighted by Crippen LogP contribution is 2.37. The second kappa shape index (κ2) is 3.64. The third-order valence-electron chi connectivity index (χ3n) is 2.10. The molecule has 0 aliphatic carbocycles. The molecule has 61 valence electrons. The molecule has 0 N–H and O–H groups in total. The van der Waals surface area contributed by atoms with Crippen molar-refractivity contribution in [3.63, 3.8) is 0 Å². The first-order valence-electron chi connectivity index (χ1n) is 4.04. The summed E-state index contributed by atoms with van der Waals surface area (Å²) in [7, 11) is 0. The summed E-state index contributed by atoms with van der Waals surface area (Å²) in [4.78, 5) is 1.40. The number of hydrogen-bond donors (Lipinski definition) is 0. The number of thioether (sulfide) groups is 1. The van der Waals surface area contributed by atoms with Crippen molar-refractivity contribution in [2.24, 2.45) is 0 Å². The van der Waals surface area contributed by atoms with Gasteiger partial charge in [-0.3, -0.25) is 0 Å². The zero-order valence-corrected chi connectivity index (χ0v) is 9.61. The van der Waals surface area contributed by atoms with Crippen molar-refractivity contribution in [2.75, 3.05) is 0 Å². The quantitative estimate of drug-likeness (QED) is 0.644. The van der Waals surface area contributed by atoms with Crippen LogP contribution in [0.1, 0.15) is 5.56 Å². The molecule has 1 aromatic carbocycles. The lowest BCUT2D eigenvalue weighted by atomic mass is 10.2. The summed E-state index contributed by atoms with van der Waals surface area (Å²) in [5.74, 6) is 2.32. The average Bonchev–Trinajstić information content (AvgIpc) is 2.46. The Morgan fingerprint density at radius 1 is 1.58 bits per heavy atom. The van der Waals surface area contributed by atoms with Crippen molar-refractivity contribution in [3.8, 4) is 0 Å². The van der Waals surface area contributed by atoms with Crippen molar-refractivity contribution in [1.29, 1.82) is 0 Å². The van der Waals surface area contributed by atoms with Crippen LogP contribution in [-0.4, -0.2) is 19.3 Å². The molecule has 0 bridgehead atoms. The molecule has 0 spiro atoms. The van der Waals surface area contributed by atoms with Gasteiger partial charge < -0.3 is 0 Å². The van der Waals surface area contributed by atoms with E-state index in [1.54, 1.807) is 0 Å². The fourth-order valence-electron chi connectivity index (χ4n) is 1.41. The van der Waals surface area contributed by atoms with Gasteiger partial charge in [0.05, 0.1) is 0 Å². The summed E-state index contributed by atoms with van der Waals surface area (Å²) < 4.78 is 0.860. The van der Waals surface area contributed by atoms with Gasteiger partial charge in [-0.1, -0.05) is 17.7 Å². The molecule has 2 rings (SSSR count). The van der Waals surface area contributed by atoms with Crippen LogP contribution in [0.2, 0.25) is 10.8 Å². The SMILES string of the molecule is [CH3][Al][CH]1Cc2ccc(Cl)cc2S1. The molecule has 0 saturated carbocycles. The minimum atomic E-state index is 0.579. The van der Waals surface area contributed by atoms with E-state index in [-0.39, 0.29) is 0 Å². The van der Waals surface area contributed by atoms with Crippen LogP contribution in [0.5, 0.6) is 0 Å². The molecular weight excluding hydrogens is 203 g/mol. The molecule has 12 heavy (non-hydrogen) atoms. The Kier molecular flexibility index (Phi) is 2.72. The van der Waals surface area contributed by atoms with Crippen molar-refractivity contribution in [2.45, 2.75) is 21.2 Å². The Morgan fingerprint density at radius 2 is 2.42 bits per heavy atom. The molecular formula is C9H9AlClS. The molecule has 1 aliphatic rings. The average molecular weight is 212 g/mol. The maximum absolute atomic E-state index is 5.91. The minimum absolute atomic E-state index is 0.579. The summed E-state index contributed by atoms with van der Waals surface area (Å²) in [6, 6.07) is 6.25. The first-order valence-corrected chi connectivity index (χ1v) is 7.12. The first-order chi connectivity index (χ1) is 5.79. The molecule has 0 fully saturated rings. The molecule has 1 radical (unpaired) electrons. The first kappa shape index (κ1) is 8.97. The predicted octanol–water partition coefficient (Wildman–Crippen LogP) is 3.07. The highest BCUT2D eigenvalue weighted by molar-refractivity contribution is 8.01. The van der Waals surface area contributed by atoms with Gasteiger partial charge in [0.1, 0.15) is 0 Å². The summed E-state index contributed by atoms with van der Waals surface area (Å²) in [6.07, 6.45) is 1.25. The normalized spacial score (nSPS) is 20.7. The molecule has 1 unspecified atom stereocenters. The number of fused-ring (bicyclic) bond motifs is 1. The van der Waals surface area contributed by atoms with E-state index in [2.05, 4.69) is 17.9 Å². The fraction of sp³-hybridized carbons (Fsp3) is 0.333. The number of rotatable bonds is 1. The summed E-state index contributed by atoms with van der Waals surface area (Å²) in [6.45, 7) is 0. The summed E-state index contributed by atoms with van der Waals surface area (Å²) >= 11 is 8.49. The second-order valence-corrected chi connectivity index (χ2v) is 6.62. The van der Waals surface area contributed by atoms with E-state index >= 15 is 0 Å². The van der Waals surface area contributed by atoms with Crippen LogP contribution < -0.4 is 0 Å². The van der Waals surface area contributed by atoms with Crippen LogP contribution in [0.15, 0.2) is 23.1 Å². The Labute approximate surface area is 88.4 Å². The van der Waals surface area contributed by atoms with E-state index < -0.39 is 0 Å². The van der Waals surface area contributed by atoms with E-state index in [1.807, 2.05) is 17.8 Å². The van der Waals surface area contributed by atoms with Crippen molar-refractivity contribution in [3.05, 3.63) is 28.8 Å². The third-order valence-corrected chi connectivity index (χ3v) is 5.64. The second-order valence-electron chi connectivity index (χ2n) is 2.95. The standard InChI is InChI=1S/C8H6ClS.CH3.Al/c9-7-2-1-6-3-4-10-8(6)5-7;;/h1-2,4-5H,3H2;1H3;. The topological polar surface area (TPSA) is 0 Å². The maximum atomic E-state index is 5.91. The minimum Gasteiger partial charge on any atom is -0.138 e. The van der Waals surface area contributed by atoms with Crippen LogP contribution in [0, 0.1) is 0 Å². The van der Waals surface area contributed by atoms with Gasteiger partial charge in [0.15, 0.2) is 0 Å². The van der Waals surface area contributed by atoms with Gasteiger partial charge in [0.25, 0.3) is 0 Å². The molecule has 0 aromatic heterocycles. The van der Waals surface area contributed by atoms with Crippen LogP contribution >= 0.6 is 23.4 Å². The van der Waals surface area contributed by atoms with Crippen LogP contribution in [0.25, 0.3) is 0 Å². The highest BCUT2D eigenvalue weighted by Gasteiger charge is 2.20. The molecule has 1 aliphatic heterocycles. The third kappa shape index (κ3) is 1.68. The Bertz CT molecular complexity index is 301. The van der Waals surface area contributed by atoms with E-state index in [0.29, 0.717) is 15.2 Å². The zero-order valence-electron chi connectivity index (χ0n) is 6.88. The van der Waals surface area contributed by atoms with Gasteiger partial charge in [-0.2, -0.15) is 0 Å². The monoisotopic (exact) mass is 211 g/mol. The predicted molar refractivity (Wildman–Crippen MR) is 56.4 cm³/mol. The Balaban J connectivity index is 2.30. The van der Waals surface area contributed by atoms with Crippen LogP contribution in [0.4, 0.5) is 0 Å². The van der Waals surface area contributed by atoms with Gasteiger partial charge >= 0.3 is 0 Å². The van der Waals surface area contributed by atoms with Crippen LogP contribution in [-0.2, 0) is 6.42 Å². The molecule has 1 heterocycles. The highest BCUT2D eigenvalue weighted by atomic mass is 35.5. The van der Waals surface area contributed by atoms with E-state index in [9.17, 15) is 0 Å². The van der Waals surface area contributed by atoms with E-state index in [4.69, 9.17) is 11.6 Å². The Hall–Kier alpha value is 0.392. The van der Waals surface area contributed by atoms with Crippen molar-refractivity contribution < 1.29 is 0 Å². The van der Waals surface area contributed by atoms with Gasteiger partial charge in [-0.05, 0) is 28.2 Å². The zero-order chi connectivity index (χ0) is 8.55. The number of halogens is 1. The molecule has 1 aromatic rings. The molecule has 0 nitrogen and oxygen atoms in total. The molecule has 0 saturated heterocycles.